The fourth-order valence-corrected chi connectivity index (χ4v) is 3.00. The summed E-state index contributed by atoms with van der Waals surface area (Å²) in [5.74, 6) is 0.0637. The zero-order valence-corrected chi connectivity index (χ0v) is 13.4. The first kappa shape index (κ1) is 14.7. The summed E-state index contributed by atoms with van der Waals surface area (Å²) >= 11 is 1.57. The fourth-order valence-electron chi connectivity index (χ4n) is 2.45. The first-order valence-electron chi connectivity index (χ1n) is 7.17. The second kappa shape index (κ2) is 6.23. The molecule has 1 N–H and O–H groups in total. The third-order valence-electron chi connectivity index (χ3n) is 3.69. The lowest BCUT2D eigenvalue weighted by Crippen LogP contribution is -2.17. The summed E-state index contributed by atoms with van der Waals surface area (Å²) in [6.45, 7) is 2.09. The van der Waals surface area contributed by atoms with Gasteiger partial charge in [-0.3, -0.25) is 4.79 Å². The molecule has 2 heterocycles. The zero-order valence-electron chi connectivity index (χ0n) is 12.6. The number of nitrogens with zero attached hydrogens (tertiary/aromatic N) is 2. The number of thiazole rings is 1. The van der Waals surface area contributed by atoms with Crippen LogP contribution in [0.15, 0.2) is 35.2 Å². The SMILES string of the molecule is CNC(=O)CCc1ccc2nc(-c3cscn3)cc(C)c2c1. The van der Waals surface area contributed by atoms with Crippen LogP contribution in [0.1, 0.15) is 17.5 Å². The summed E-state index contributed by atoms with van der Waals surface area (Å²) in [6, 6.07) is 8.27. The van der Waals surface area contributed by atoms with Gasteiger partial charge in [-0.1, -0.05) is 6.07 Å². The van der Waals surface area contributed by atoms with Crippen molar-refractivity contribution in [3.05, 3.63) is 46.3 Å². The molecule has 0 atom stereocenters. The van der Waals surface area contributed by atoms with E-state index >= 15 is 0 Å². The molecule has 5 heteroatoms. The van der Waals surface area contributed by atoms with Gasteiger partial charge in [0.15, 0.2) is 0 Å². The average molecular weight is 311 g/mol. The fraction of sp³-hybridized carbons (Fsp3) is 0.235. The van der Waals surface area contributed by atoms with E-state index in [9.17, 15) is 4.79 Å². The third-order valence-corrected chi connectivity index (χ3v) is 4.28. The molecular formula is C17H17N3OS. The predicted molar refractivity (Wildman–Crippen MR) is 90.0 cm³/mol. The third kappa shape index (κ3) is 2.99. The molecule has 0 fully saturated rings. The maximum atomic E-state index is 11.4. The molecule has 0 aliphatic heterocycles. The molecule has 0 saturated carbocycles. The van der Waals surface area contributed by atoms with Crippen molar-refractivity contribution < 1.29 is 4.79 Å². The molecule has 112 valence electrons. The summed E-state index contributed by atoms with van der Waals surface area (Å²) < 4.78 is 0. The van der Waals surface area contributed by atoms with E-state index in [0.29, 0.717) is 6.42 Å². The second-order valence-corrected chi connectivity index (χ2v) is 5.94. The number of hydrogen-bond donors (Lipinski definition) is 1. The minimum atomic E-state index is 0.0637. The van der Waals surface area contributed by atoms with Crippen LogP contribution in [-0.2, 0) is 11.2 Å². The molecule has 0 saturated heterocycles. The van der Waals surface area contributed by atoms with Crippen LogP contribution in [-0.4, -0.2) is 22.9 Å². The number of hydrogen-bond acceptors (Lipinski definition) is 4. The van der Waals surface area contributed by atoms with E-state index in [0.717, 1.165) is 34.3 Å². The highest BCUT2D eigenvalue weighted by Crippen LogP contribution is 2.25. The van der Waals surface area contributed by atoms with E-state index < -0.39 is 0 Å². The van der Waals surface area contributed by atoms with Gasteiger partial charge in [-0.05, 0) is 42.7 Å². The first-order chi connectivity index (χ1) is 10.7. The Morgan fingerprint density at radius 3 is 2.86 bits per heavy atom. The van der Waals surface area contributed by atoms with Crippen molar-refractivity contribution in [1.82, 2.24) is 15.3 Å². The van der Waals surface area contributed by atoms with Crippen LogP contribution in [0.3, 0.4) is 0 Å². The van der Waals surface area contributed by atoms with Crippen molar-refractivity contribution >= 4 is 28.1 Å². The number of pyridine rings is 1. The van der Waals surface area contributed by atoms with Crippen molar-refractivity contribution in [3.63, 3.8) is 0 Å². The van der Waals surface area contributed by atoms with E-state index in [1.165, 1.54) is 5.56 Å². The van der Waals surface area contributed by atoms with Crippen LogP contribution in [0.2, 0.25) is 0 Å². The van der Waals surface area contributed by atoms with Gasteiger partial charge in [0.25, 0.3) is 0 Å². The number of carbonyl (C=O) groups is 1. The van der Waals surface area contributed by atoms with Crippen LogP contribution in [0.25, 0.3) is 22.3 Å². The summed E-state index contributed by atoms with van der Waals surface area (Å²) in [6.07, 6.45) is 1.24. The maximum absolute atomic E-state index is 11.4. The van der Waals surface area contributed by atoms with Gasteiger partial charge in [0.05, 0.1) is 22.4 Å². The van der Waals surface area contributed by atoms with Crippen molar-refractivity contribution in [2.75, 3.05) is 7.05 Å². The molecular weight excluding hydrogens is 294 g/mol. The molecule has 0 spiro atoms. The minimum absolute atomic E-state index is 0.0637. The standard InChI is InChI=1S/C17H17N3OS/c1-11-7-15(16-9-22-10-19-16)20-14-5-3-12(8-13(11)14)4-6-17(21)18-2/h3,5,7-10H,4,6H2,1-2H3,(H,18,21). The van der Waals surface area contributed by atoms with Crippen molar-refractivity contribution in [2.45, 2.75) is 19.8 Å². The molecule has 22 heavy (non-hydrogen) atoms. The molecule has 1 aromatic carbocycles. The number of aryl methyl sites for hydroxylation is 2. The smallest absolute Gasteiger partial charge is 0.220 e. The Morgan fingerprint density at radius 2 is 2.14 bits per heavy atom. The number of fused-ring (bicyclic) bond motifs is 1. The van der Waals surface area contributed by atoms with Gasteiger partial charge in [-0.25, -0.2) is 9.97 Å². The van der Waals surface area contributed by atoms with Gasteiger partial charge < -0.3 is 5.32 Å². The van der Waals surface area contributed by atoms with Crippen LogP contribution in [0.5, 0.6) is 0 Å². The maximum Gasteiger partial charge on any atom is 0.220 e. The Labute approximate surface area is 133 Å². The molecule has 2 aromatic heterocycles. The Bertz CT molecular complexity index is 812. The molecule has 0 aliphatic carbocycles. The largest absolute Gasteiger partial charge is 0.359 e. The number of rotatable bonds is 4. The number of nitrogens with one attached hydrogen (secondary N) is 1. The molecule has 0 bridgehead atoms. The molecule has 3 rings (SSSR count). The lowest BCUT2D eigenvalue weighted by Gasteiger charge is -2.07. The number of amides is 1. The Kier molecular flexibility index (Phi) is 4.15. The van der Waals surface area contributed by atoms with Crippen LogP contribution in [0.4, 0.5) is 0 Å². The highest BCUT2D eigenvalue weighted by Gasteiger charge is 2.08. The van der Waals surface area contributed by atoms with E-state index in [-0.39, 0.29) is 5.91 Å². The van der Waals surface area contributed by atoms with Crippen molar-refractivity contribution in [3.8, 4) is 11.4 Å². The summed E-state index contributed by atoms with van der Waals surface area (Å²) in [7, 11) is 1.66. The highest BCUT2D eigenvalue weighted by atomic mass is 32.1. The van der Waals surface area contributed by atoms with Crippen LogP contribution in [0, 0.1) is 6.92 Å². The van der Waals surface area contributed by atoms with Gasteiger partial charge in [-0.2, -0.15) is 0 Å². The number of carbonyl (C=O) groups excluding carboxylic acids is 1. The topological polar surface area (TPSA) is 54.9 Å². The number of aromatic nitrogens is 2. The summed E-state index contributed by atoms with van der Waals surface area (Å²) in [4.78, 5) is 20.4. The Morgan fingerprint density at radius 1 is 1.27 bits per heavy atom. The highest BCUT2D eigenvalue weighted by molar-refractivity contribution is 7.07. The van der Waals surface area contributed by atoms with E-state index in [2.05, 4.69) is 29.4 Å². The van der Waals surface area contributed by atoms with Crippen molar-refractivity contribution in [1.29, 1.82) is 0 Å². The second-order valence-electron chi connectivity index (χ2n) is 5.22. The van der Waals surface area contributed by atoms with Crippen LogP contribution >= 0.6 is 11.3 Å². The normalized spacial score (nSPS) is 10.8. The molecule has 0 radical (unpaired) electrons. The molecule has 0 aliphatic rings. The van der Waals surface area contributed by atoms with Gasteiger partial charge in [0, 0.05) is 24.2 Å². The predicted octanol–water partition coefficient (Wildman–Crippen LogP) is 3.35. The van der Waals surface area contributed by atoms with Gasteiger partial charge >= 0.3 is 0 Å². The molecule has 3 aromatic rings. The van der Waals surface area contributed by atoms with E-state index in [1.54, 1.807) is 18.4 Å². The minimum Gasteiger partial charge on any atom is -0.359 e. The lowest BCUT2D eigenvalue weighted by molar-refractivity contribution is -0.120. The molecule has 4 nitrogen and oxygen atoms in total. The van der Waals surface area contributed by atoms with Gasteiger partial charge in [-0.15, -0.1) is 11.3 Å². The van der Waals surface area contributed by atoms with Crippen LogP contribution < -0.4 is 5.32 Å². The van der Waals surface area contributed by atoms with Gasteiger partial charge in [0.2, 0.25) is 5.91 Å². The lowest BCUT2D eigenvalue weighted by atomic mass is 10.0. The quantitative estimate of drug-likeness (QED) is 0.804. The molecule has 0 unspecified atom stereocenters. The van der Waals surface area contributed by atoms with Gasteiger partial charge in [0.1, 0.15) is 0 Å². The summed E-state index contributed by atoms with van der Waals surface area (Å²) in [5.41, 5.74) is 6.94. The average Bonchev–Trinajstić information content (AvgIpc) is 3.07. The summed E-state index contributed by atoms with van der Waals surface area (Å²) in [5, 5.41) is 5.79. The molecule has 1 amide bonds. The Hall–Kier alpha value is -2.27. The van der Waals surface area contributed by atoms with Crippen molar-refractivity contribution in [2.24, 2.45) is 0 Å². The van der Waals surface area contributed by atoms with E-state index in [4.69, 9.17) is 4.98 Å². The first-order valence-corrected chi connectivity index (χ1v) is 8.11. The van der Waals surface area contributed by atoms with E-state index in [1.807, 2.05) is 23.0 Å². The number of benzene rings is 1. The Balaban J connectivity index is 1.94. The monoisotopic (exact) mass is 311 g/mol. The zero-order chi connectivity index (χ0) is 15.5.